The van der Waals surface area contributed by atoms with Crippen molar-refractivity contribution in [2.75, 3.05) is 6.61 Å². The Bertz CT molecular complexity index is 445. The average Bonchev–Trinajstić information content (AvgIpc) is 2.26. The molecule has 0 aromatic heterocycles. The number of benzene rings is 1. The van der Waals surface area contributed by atoms with Crippen LogP contribution in [-0.4, -0.2) is 18.3 Å². The second-order valence-electron chi connectivity index (χ2n) is 3.81. The van der Waals surface area contributed by atoms with Gasteiger partial charge in [-0.25, -0.2) is 0 Å². The molecule has 1 unspecified atom stereocenters. The number of primary amides is 1. The molecular formula is C12H14ClNO3. The van der Waals surface area contributed by atoms with Crippen LogP contribution in [0.25, 0.3) is 0 Å². The number of carbonyl (C=O) groups is 2. The third-order valence-electron chi connectivity index (χ3n) is 2.30. The molecule has 2 N–H and O–H groups in total. The minimum atomic E-state index is -0.441. The summed E-state index contributed by atoms with van der Waals surface area (Å²) in [5.74, 6) is -0.585. The van der Waals surface area contributed by atoms with Crippen molar-refractivity contribution < 1.29 is 14.3 Å². The molecule has 5 heteroatoms. The fourth-order valence-electron chi connectivity index (χ4n) is 1.20. The molecule has 0 saturated carbocycles. The lowest BCUT2D eigenvalue weighted by molar-refractivity contribution is -0.122. The molecule has 4 nitrogen and oxygen atoms in total. The van der Waals surface area contributed by atoms with E-state index in [1.807, 2.05) is 0 Å². The Morgan fingerprint density at radius 3 is 2.65 bits per heavy atom. The standard InChI is InChI=1S/C12H14ClNO3/c1-7(12(14)16)6-17-11-4-3-9(13)5-10(11)8(2)15/h3-5,7H,6H2,1-2H3,(H2,14,16). The van der Waals surface area contributed by atoms with Crippen LogP contribution in [0.15, 0.2) is 18.2 Å². The number of amides is 1. The molecule has 1 aromatic carbocycles. The molecule has 0 fully saturated rings. The lowest BCUT2D eigenvalue weighted by Crippen LogP contribution is -2.26. The van der Waals surface area contributed by atoms with Crippen molar-refractivity contribution in [1.29, 1.82) is 0 Å². The predicted molar refractivity (Wildman–Crippen MR) is 65.3 cm³/mol. The molecule has 0 aliphatic heterocycles. The number of halogens is 1. The Morgan fingerprint density at radius 2 is 2.12 bits per heavy atom. The van der Waals surface area contributed by atoms with Gasteiger partial charge in [0.2, 0.25) is 5.91 Å². The average molecular weight is 256 g/mol. The van der Waals surface area contributed by atoms with Gasteiger partial charge in [0.25, 0.3) is 0 Å². The summed E-state index contributed by atoms with van der Waals surface area (Å²) in [6, 6.07) is 4.76. The van der Waals surface area contributed by atoms with Crippen LogP contribution in [0.1, 0.15) is 24.2 Å². The summed E-state index contributed by atoms with van der Waals surface area (Å²) in [5.41, 5.74) is 5.51. The molecule has 17 heavy (non-hydrogen) atoms. The van der Waals surface area contributed by atoms with E-state index in [1.54, 1.807) is 19.1 Å². The number of nitrogens with two attached hydrogens (primary N) is 1. The van der Waals surface area contributed by atoms with Crippen LogP contribution < -0.4 is 10.5 Å². The van der Waals surface area contributed by atoms with Gasteiger partial charge in [0.05, 0.1) is 18.1 Å². The Hall–Kier alpha value is -1.55. The minimum Gasteiger partial charge on any atom is -0.492 e. The van der Waals surface area contributed by atoms with E-state index in [4.69, 9.17) is 22.1 Å². The highest BCUT2D eigenvalue weighted by Gasteiger charge is 2.13. The highest BCUT2D eigenvalue weighted by Crippen LogP contribution is 2.23. The molecule has 0 radical (unpaired) electrons. The lowest BCUT2D eigenvalue weighted by Gasteiger charge is -2.12. The van der Waals surface area contributed by atoms with E-state index in [0.717, 1.165) is 0 Å². The summed E-state index contributed by atoms with van der Waals surface area (Å²) < 4.78 is 5.40. The van der Waals surface area contributed by atoms with Crippen molar-refractivity contribution in [2.45, 2.75) is 13.8 Å². The van der Waals surface area contributed by atoms with Crippen LogP contribution in [0.5, 0.6) is 5.75 Å². The Kier molecular flexibility index (Phi) is 4.52. The fourth-order valence-corrected chi connectivity index (χ4v) is 1.37. The van der Waals surface area contributed by atoms with Crippen molar-refractivity contribution in [3.8, 4) is 5.75 Å². The zero-order valence-electron chi connectivity index (χ0n) is 9.70. The fraction of sp³-hybridized carbons (Fsp3) is 0.333. The summed E-state index contributed by atoms with van der Waals surface area (Å²) >= 11 is 5.79. The minimum absolute atomic E-state index is 0.136. The largest absolute Gasteiger partial charge is 0.492 e. The van der Waals surface area contributed by atoms with Gasteiger partial charge in [-0.1, -0.05) is 18.5 Å². The summed E-state index contributed by atoms with van der Waals surface area (Å²) in [5, 5.41) is 0.463. The molecule has 1 amide bonds. The van der Waals surface area contributed by atoms with Gasteiger partial charge in [-0.3, -0.25) is 9.59 Å². The normalized spacial score (nSPS) is 11.9. The maximum Gasteiger partial charge on any atom is 0.223 e. The van der Waals surface area contributed by atoms with E-state index >= 15 is 0 Å². The summed E-state index contributed by atoms with van der Waals surface area (Å²) in [7, 11) is 0. The monoisotopic (exact) mass is 255 g/mol. The van der Waals surface area contributed by atoms with Gasteiger partial charge in [-0.05, 0) is 25.1 Å². The van der Waals surface area contributed by atoms with Crippen molar-refractivity contribution in [2.24, 2.45) is 11.7 Å². The summed E-state index contributed by atoms with van der Waals surface area (Å²) in [6.07, 6.45) is 0. The topological polar surface area (TPSA) is 69.4 Å². The first-order valence-electron chi connectivity index (χ1n) is 5.14. The van der Waals surface area contributed by atoms with Crippen molar-refractivity contribution in [1.82, 2.24) is 0 Å². The predicted octanol–water partition coefficient (Wildman–Crippen LogP) is 2.04. The maximum atomic E-state index is 11.4. The molecule has 1 atom stereocenters. The van der Waals surface area contributed by atoms with E-state index in [0.29, 0.717) is 16.3 Å². The van der Waals surface area contributed by atoms with Crippen molar-refractivity contribution in [3.63, 3.8) is 0 Å². The summed E-state index contributed by atoms with van der Waals surface area (Å²) in [4.78, 5) is 22.2. The van der Waals surface area contributed by atoms with E-state index in [-0.39, 0.29) is 12.4 Å². The molecule has 0 bridgehead atoms. The first-order chi connectivity index (χ1) is 7.91. The van der Waals surface area contributed by atoms with Gasteiger partial charge in [-0.15, -0.1) is 0 Å². The maximum absolute atomic E-state index is 11.4. The molecule has 0 heterocycles. The third kappa shape index (κ3) is 3.75. The van der Waals surface area contributed by atoms with Gasteiger partial charge >= 0.3 is 0 Å². The SMILES string of the molecule is CC(=O)c1cc(Cl)ccc1OCC(C)C(N)=O. The molecule has 1 rings (SSSR count). The van der Waals surface area contributed by atoms with Crippen LogP contribution in [0, 0.1) is 5.92 Å². The molecule has 1 aromatic rings. The van der Waals surface area contributed by atoms with Crippen LogP contribution in [-0.2, 0) is 4.79 Å². The molecule has 0 aliphatic rings. The van der Waals surface area contributed by atoms with Gasteiger partial charge < -0.3 is 10.5 Å². The Labute approximate surface area is 105 Å². The first kappa shape index (κ1) is 13.5. The van der Waals surface area contributed by atoms with Crippen LogP contribution in [0.4, 0.5) is 0 Å². The van der Waals surface area contributed by atoms with Gasteiger partial charge in [0.1, 0.15) is 5.75 Å². The second kappa shape index (κ2) is 5.68. The van der Waals surface area contributed by atoms with Crippen molar-refractivity contribution in [3.05, 3.63) is 28.8 Å². The van der Waals surface area contributed by atoms with Crippen molar-refractivity contribution >= 4 is 23.3 Å². The zero-order valence-corrected chi connectivity index (χ0v) is 10.5. The molecular weight excluding hydrogens is 242 g/mol. The Balaban J connectivity index is 2.84. The van der Waals surface area contributed by atoms with Crippen LogP contribution in [0.3, 0.4) is 0 Å². The van der Waals surface area contributed by atoms with E-state index in [1.165, 1.54) is 13.0 Å². The smallest absolute Gasteiger partial charge is 0.223 e. The van der Waals surface area contributed by atoms with Gasteiger partial charge in [-0.2, -0.15) is 0 Å². The number of ether oxygens (including phenoxy) is 1. The second-order valence-corrected chi connectivity index (χ2v) is 4.25. The van der Waals surface area contributed by atoms with E-state index in [2.05, 4.69) is 0 Å². The lowest BCUT2D eigenvalue weighted by atomic mass is 10.1. The molecule has 0 spiro atoms. The number of hydrogen-bond donors (Lipinski definition) is 1. The summed E-state index contributed by atoms with van der Waals surface area (Å²) in [6.45, 7) is 3.22. The number of carbonyl (C=O) groups excluding carboxylic acids is 2. The quantitative estimate of drug-likeness (QED) is 0.819. The highest BCUT2D eigenvalue weighted by atomic mass is 35.5. The van der Waals surface area contributed by atoms with Gasteiger partial charge in [0.15, 0.2) is 5.78 Å². The molecule has 0 saturated heterocycles. The molecule has 0 aliphatic carbocycles. The van der Waals surface area contributed by atoms with Crippen LogP contribution >= 0.6 is 11.6 Å². The van der Waals surface area contributed by atoms with Crippen LogP contribution in [0.2, 0.25) is 5.02 Å². The van der Waals surface area contributed by atoms with E-state index < -0.39 is 11.8 Å². The Morgan fingerprint density at radius 1 is 1.47 bits per heavy atom. The molecule has 92 valence electrons. The van der Waals surface area contributed by atoms with E-state index in [9.17, 15) is 9.59 Å². The first-order valence-corrected chi connectivity index (χ1v) is 5.52. The highest BCUT2D eigenvalue weighted by molar-refractivity contribution is 6.31. The number of Topliss-reactive ketones (excluding diaryl/α,β-unsaturated/α-hetero) is 1. The number of ketones is 1. The third-order valence-corrected chi connectivity index (χ3v) is 2.53. The number of rotatable bonds is 5. The zero-order chi connectivity index (χ0) is 13.0. The number of hydrogen-bond acceptors (Lipinski definition) is 3. The van der Waals surface area contributed by atoms with Gasteiger partial charge in [0, 0.05) is 5.02 Å².